The molecule has 0 aromatic heterocycles. The first kappa shape index (κ1) is 16.5. The van der Waals surface area contributed by atoms with E-state index in [1.165, 1.54) is 0 Å². The molecule has 0 aliphatic carbocycles. The maximum atomic E-state index is 12.0. The van der Waals surface area contributed by atoms with Gasteiger partial charge in [0.05, 0.1) is 0 Å². The van der Waals surface area contributed by atoms with Crippen LogP contribution in [0.1, 0.15) is 51.6 Å². The highest BCUT2D eigenvalue weighted by molar-refractivity contribution is 5.89. The lowest BCUT2D eigenvalue weighted by atomic mass is 10.1. The lowest BCUT2D eigenvalue weighted by Gasteiger charge is -2.17. The van der Waals surface area contributed by atoms with E-state index in [1.54, 1.807) is 0 Å². The number of hydrogen-bond donors (Lipinski definition) is 3. The molecule has 0 fully saturated rings. The molecule has 0 heterocycles. The molecular weight excluding hydrogens is 250 g/mol. The van der Waals surface area contributed by atoms with Gasteiger partial charge >= 0.3 is 6.03 Å². The van der Waals surface area contributed by atoms with Crippen molar-refractivity contribution in [1.82, 2.24) is 10.6 Å². The molecule has 2 atom stereocenters. The fraction of sp³-hybridized carbons (Fsp3) is 0.562. The Bertz CT molecular complexity index is 420. The van der Waals surface area contributed by atoms with Crippen LogP contribution in [-0.2, 0) is 0 Å². The Morgan fingerprint density at radius 2 is 2.05 bits per heavy atom. The van der Waals surface area contributed by atoms with Gasteiger partial charge in [-0.2, -0.15) is 0 Å². The van der Waals surface area contributed by atoms with Crippen LogP contribution in [0, 0.1) is 0 Å². The van der Waals surface area contributed by atoms with Gasteiger partial charge in [-0.15, -0.1) is 0 Å². The van der Waals surface area contributed by atoms with E-state index in [4.69, 9.17) is 0 Å². The van der Waals surface area contributed by atoms with Gasteiger partial charge < -0.3 is 16.0 Å². The molecule has 0 aliphatic heterocycles. The SMILES string of the molecule is CCCC(CC)NC(=O)Nc1cccc(C(C)NC)c1. The van der Waals surface area contributed by atoms with Crippen LogP contribution in [0.2, 0.25) is 0 Å². The van der Waals surface area contributed by atoms with Crippen molar-refractivity contribution in [2.75, 3.05) is 12.4 Å². The molecule has 1 rings (SSSR count). The Balaban J connectivity index is 2.61. The number of urea groups is 1. The first-order chi connectivity index (χ1) is 9.60. The van der Waals surface area contributed by atoms with Crippen LogP contribution in [-0.4, -0.2) is 19.1 Å². The summed E-state index contributed by atoms with van der Waals surface area (Å²) in [7, 11) is 1.92. The molecule has 0 spiro atoms. The standard InChI is InChI=1S/C16H27N3O/c1-5-8-14(6-2)18-16(20)19-15-10-7-9-13(11-15)12(3)17-4/h7,9-12,14,17H,5-6,8H2,1-4H3,(H2,18,19,20). The van der Waals surface area contributed by atoms with Gasteiger partial charge in [0, 0.05) is 17.8 Å². The smallest absolute Gasteiger partial charge is 0.319 e. The molecule has 2 unspecified atom stereocenters. The van der Waals surface area contributed by atoms with Gasteiger partial charge in [0.15, 0.2) is 0 Å². The highest BCUT2D eigenvalue weighted by atomic mass is 16.2. The van der Waals surface area contributed by atoms with Gasteiger partial charge in [-0.25, -0.2) is 4.79 Å². The summed E-state index contributed by atoms with van der Waals surface area (Å²) in [6.07, 6.45) is 3.05. The van der Waals surface area contributed by atoms with E-state index >= 15 is 0 Å². The third kappa shape index (κ3) is 5.21. The van der Waals surface area contributed by atoms with E-state index in [2.05, 4.69) is 42.8 Å². The Labute approximate surface area is 122 Å². The minimum Gasteiger partial charge on any atom is -0.335 e. The molecule has 112 valence electrons. The Kier molecular flexibility index (Phi) is 7.09. The monoisotopic (exact) mass is 277 g/mol. The van der Waals surface area contributed by atoms with Crippen molar-refractivity contribution < 1.29 is 4.79 Å². The lowest BCUT2D eigenvalue weighted by Crippen LogP contribution is -2.37. The predicted octanol–water partition coefficient (Wildman–Crippen LogP) is 3.67. The molecule has 4 nitrogen and oxygen atoms in total. The maximum Gasteiger partial charge on any atom is 0.319 e. The number of anilines is 1. The number of rotatable bonds is 7. The lowest BCUT2D eigenvalue weighted by molar-refractivity contribution is 0.247. The van der Waals surface area contributed by atoms with Crippen molar-refractivity contribution in [3.05, 3.63) is 29.8 Å². The largest absolute Gasteiger partial charge is 0.335 e. The van der Waals surface area contributed by atoms with E-state index < -0.39 is 0 Å². The molecule has 20 heavy (non-hydrogen) atoms. The summed E-state index contributed by atoms with van der Waals surface area (Å²) in [4.78, 5) is 12.0. The maximum absolute atomic E-state index is 12.0. The molecule has 0 radical (unpaired) electrons. The van der Waals surface area contributed by atoms with Crippen LogP contribution in [0.15, 0.2) is 24.3 Å². The van der Waals surface area contributed by atoms with E-state index in [-0.39, 0.29) is 18.1 Å². The molecule has 3 N–H and O–H groups in total. The summed E-state index contributed by atoms with van der Waals surface area (Å²) >= 11 is 0. The highest BCUT2D eigenvalue weighted by Gasteiger charge is 2.10. The third-order valence-electron chi connectivity index (χ3n) is 3.54. The number of amides is 2. The van der Waals surface area contributed by atoms with E-state index in [0.717, 1.165) is 30.5 Å². The minimum atomic E-state index is -0.125. The van der Waals surface area contributed by atoms with Crippen LogP contribution in [0.4, 0.5) is 10.5 Å². The number of carbonyl (C=O) groups is 1. The van der Waals surface area contributed by atoms with Gasteiger partial charge in [-0.05, 0) is 44.5 Å². The zero-order valence-corrected chi connectivity index (χ0v) is 13.0. The van der Waals surface area contributed by atoms with Crippen LogP contribution in [0.3, 0.4) is 0 Å². The molecule has 0 aliphatic rings. The normalized spacial score (nSPS) is 13.6. The number of nitrogens with one attached hydrogen (secondary N) is 3. The average Bonchev–Trinajstić information content (AvgIpc) is 2.46. The van der Waals surface area contributed by atoms with Gasteiger partial charge in [-0.1, -0.05) is 32.4 Å². The topological polar surface area (TPSA) is 53.2 Å². The second-order valence-corrected chi connectivity index (χ2v) is 5.13. The summed E-state index contributed by atoms with van der Waals surface area (Å²) in [5.41, 5.74) is 1.99. The number of carbonyl (C=O) groups excluding carboxylic acids is 1. The van der Waals surface area contributed by atoms with E-state index in [1.807, 2.05) is 25.2 Å². The Morgan fingerprint density at radius 1 is 1.30 bits per heavy atom. The van der Waals surface area contributed by atoms with Crippen molar-refractivity contribution >= 4 is 11.7 Å². The zero-order valence-electron chi connectivity index (χ0n) is 13.0. The van der Waals surface area contributed by atoms with E-state index in [9.17, 15) is 4.79 Å². The molecule has 2 amide bonds. The first-order valence-electron chi connectivity index (χ1n) is 7.45. The van der Waals surface area contributed by atoms with Crippen LogP contribution in [0.25, 0.3) is 0 Å². The third-order valence-corrected chi connectivity index (χ3v) is 3.54. The minimum absolute atomic E-state index is 0.125. The fourth-order valence-corrected chi connectivity index (χ4v) is 2.13. The molecule has 1 aromatic carbocycles. The summed E-state index contributed by atoms with van der Waals surface area (Å²) in [5, 5.41) is 9.11. The number of hydrogen-bond acceptors (Lipinski definition) is 2. The Hall–Kier alpha value is -1.55. The highest BCUT2D eigenvalue weighted by Crippen LogP contribution is 2.17. The summed E-state index contributed by atoms with van der Waals surface area (Å²) < 4.78 is 0. The second kappa shape index (κ2) is 8.59. The van der Waals surface area contributed by atoms with E-state index in [0.29, 0.717) is 0 Å². The summed E-state index contributed by atoms with van der Waals surface area (Å²) in [5.74, 6) is 0. The summed E-state index contributed by atoms with van der Waals surface area (Å²) in [6, 6.07) is 8.31. The van der Waals surface area contributed by atoms with Crippen LogP contribution < -0.4 is 16.0 Å². The zero-order chi connectivity index (χ0) is 15.0. The van der Waals surface area contributed by atoms with Crippen molar-refractivity contribution in [2.45, 2.75) is 52.1 Å². The molecule has 0 saturated carbocycles. The molecule has 1 aromatic rings. The van der Waals surface area contributed by atoms with Crippen molar-refractivity contribution in [3.63, 3.8) is 0 Å². The summed E-state index contributed by atoms with van der Waals surface area (Å²) in [6.45, 7) is 6.31. The number of benzene rings is 1. The molecule has 0 saturated heterocycles. The fourth-order valence-electron chi connectivity index (χ4n) is 2.13. The Morgan fingerprint density at radius 3 is 2.65 bits per heavy atom. The molecule has 4 heteroatoms. The van der Waals surface area contributed by atoms with Gasteiger partial charge in [0.2, 0.25) is 0 Å². The van der Waals surface area contributed by atoms with Gasteiger partial charge in [0.1, 0.15) is 0 Å². The second-order valence-electron chi connectivity index (χ2n) is 5.13. The first-order valence-corrected chi connectivity index (χ1v) is 7.45. The molecular formula is C16H27N3O. The van der Waals surface area contributed by atoms with Gasteiger partial charge in [-0.3, -0.25) is 0 Å². The van der Waals surface area contributed by atoms with Crippen LogP contribution >= 0.6 is 0 Å². The molecule has 0 bridgehead atoms. The average molecular weight is 277 g/mol. The van der Waals surface area contributed by atoms with Gasteiger partial charge in [0.25, 0.3) is 0 Å². The van der Waals surface area contributed by atoms with Crippen molar-refractivity contribution in [3.8, 4) is 0 Å². The predicted molar refractivity (Wildman–Crippen MR) is 85.1 cm³/mol. The van der Waals surface area contributed by atoms with Crippen LogP contribution in [0.5, 0.6) is 0 Å². The van der Waals surface area contributed by atoms with Crippen molar-refractivity contribution in [1.29, 1.82) is 0 Å². The quantitative estimate of drug-likeness (QED) is 0.712. The van der Waals surface area contributed by atoms with Crippen molar-refractivity contribution in [2.24, 2.45) is 0 Å².